The summed E-state index contributed by atoms with van der Waals surface area (Å²) in [5.74, 6) is -1.19. The van der Waals surface area contributed by atoms with E-state index in [1.165, 1.54) is 13.0 Å². The Balaban J connectivity index is 2.40. The first kappa shape index (κ1) is 14.3. The first-order chi connectivity index (χ1) is 9.28. The number of nitrogens with one attached hydrogen (secondary N) is 1. The summed E-state index contributed by atoms with van der Waals surface area (Å²) in [6.07, 6.45) is 0. The minimum Gasteiger partial charge on any atom is -0.399 e. The third-order valence-corrected chi connectivity index (χ3v) is 4.14. The normalized spacial score (nSPS) is 11.3. The minimum atomic E-state index is -3.93. The average Bonchev–Trinajstić information content (AvgIpc) is 2.25. The van der Waals surface area contributed by atoms with Crippen LogP contribution in [0, 0.1) is 18.6 Å². The van der Waals surface area contributed by atoms with Crippen molar-refractivity contribution in [1.82, 2.24) is 0 Å². The summed E-state index contributed by atoms with van der Waals surface area (Å²) in [5.41, 5.74) is 5.80. The van der Waals surface area contributed by atoms with Crippen LogP contribution in [0.1, 0.15) is 5.56 Å². The van der Waals surface area contributed by atoms with E-state index in [1.54, 1.807) is 0 Å². The summed E-state index contributed by atoms with van der Waals surface area (Å²) >= 11 is 0. The molecule has 2 rings (SSSR count). The minimum absolute atomic E-state index is 0.00576. The second kappa shape index (κ2) is 5.09. The van der Waals surface area contributed by atoms with Gasteiger partial charge in [-0.3, -0.25) is 4.72 Å². The Labute approximate surface area is 115 Å². The molecular weight excluding hydrogens is 286 g/mol. The van der Waals surface area contributed by atoms with E-state index in [0.717, 1.165) is 30.3 Å². The van der Waals surface area contributed by atoms with Gasteiger partial charge in [-0.05, 0) is 48.9 Å². The largest absolute Gasteiger partial charge is 0.399 e. The molecule has 0 atom stereocenters. The van der Waals surface area contributed by atoms with Crippen LogP contribution in [0.5, 0.6) is 0 Å². The van der Waals surface area contributed by atoms with Gasteiger partial charge in [0, 0.05) is 5.69 Å². The van der Waals surface area contributed by atoms with Crippen LogP contribution in [0.25, 0.3) is 0 Å². The lowest BCUT2D eigenvalue weighted by Gasteiger charge is -2.11. The van der Waals surface area contributed by atoms with E-state index in [4.69, 9.17) is 5.73 Å². The summed E-state index contributed by atoms with van der Waals surface area (Å²) in [6, 6.07) is 6.67. The van der Waals surface area contributed by atoms with Crippen LogP contribution in [0.4, 0.5) is 20.2 Å². The van der Waals surface area contributed by atoms with Crippen molar-refractivity contribution in [3.63, 3.8) is 0 Å². The molecule has 0 radical (unpaired) electrons. The van der Waals surface area contributed by atoms with Crippen molar-refractivity contribution in [2.24, 2.45) is 0 Å². The van der Waals surface area contributed by atoms with E-state index in [9.17, 15) is 17.2 Å². The van der Waals surface area contributed by atoms with Gasteiger partial charge in [-0.2, -0.15) is 0 Å². The first-order valence-corrected chi connectivity index (χ1v) is 7.11. The fourth-order valence-corrected chi connectivity index (χ4v) is 3.06. The maximum Gasteiger partial charge on any atom is 0.262 e. The van der Waals surface area contributed by atoms with E-state index < -0.39 is 21.7 Å². The third-order valence-electron chi connectivity index (χ3n) is 2.60. The fourth-order valence-electron chi connectivity index (χ4n) is 1.80. The lowest BCUT2D eigenvalue weighted by molar-refractivity contribution is 0.598. The second-order valence-electron chi connectivity index (χ2n) is 4.29. The molecule has 0 unspecified atom stereocenters. The molecule has 0 spiro atoms. The van der Waals surface area contributed by atoms with E-state index >= 15 is 0 Å². The SMILES string of the molecule is Cc1cc(F)ccc1S(=O)(=O)Nc1cc(N)cc(F)c1. The summed E-state index contributed by atoms with van der Waals surface area (Å²) in [5, 5.41) is 0. The first-order valence-electron chi connectivity index (χ1n) is 5.63. The summed E-state index contributed by atoms with van der Waals surface area (Å²) in [4.78, 5) is -0.0817. The number of hydrogen-bond acceptors (Lipinski definition) is 3. The lowest BCUT2D eigenvalue weighted by atomic mass is 10.2. The molecule has 106 valence electrons. The average molecular weight is 298 g/mol. The van der Waals surface area contributed by atoms with E-state index in [-0.39, 0.29) is 21.8 Å². The molecule has 0 saturated heterocycles. The van der Waals surface area contributed by atoms with Crippen LogP contribution in [0.15, 0.2) is 41.3 Å². The molecule has 0 aliphatic rings. The molecule has 0 aliphatic carbocycles. The van der Waals surface area contributed by atoms with Gasteiger partial charge >= 0.3 is 0 Å². The van der Waals surface area contributed by atoms with Gasteiger partial charge < -0.3 is 5.73 Å². The van der Waals surface area contributed by atoms with Crippen LogP contribution >= 0.6 is 0 Å². The Hall–Kier alpha value is -2.15. The standard InChI is InChI=1S/C13H12F2N2O2S/c1-8-4-9(14)2-3-13(8)20(18,19)17-12-6-10(15)5-11(16)7-12/h2-7,17H,16H2,1H3. The highest BCUT2D eigenvalue weighted by atomic mass is 32.2. The predicted octanol–water partition coefficient (Wildman–Crippen LogP) is 2.66. The number of hydrogen-bond donors (Lipinski definition) is 2. The molecule has 4 nitrogen and oxygen atoms in total. The molecule has 0 saturated carbocycles. The molecule has 0 amide bonds. The van der Waals surface area contributed by atoms with Gasteiger partial charge in [0.2, 0.25) is 0 Å². The van der Waals surface area contributed by atoms with Crippen molar-refractivity contribution in [2.75, 3.05) is 10.5 Å². The number of nitrogens with two attached hydrogens (primary N) is 1. The Morgan fingerprint density at radius 3 is 2.35 bits per heavy atom. The molecule has 0 aliphatic heterocycles. The molecule has 0 fully saturated rings. The Bertz CT molecular complexity index is 741. The van der Waals surface area contributed by atoms with Gasteiger partial charge in [0.1, 0.15) is 11.6 Å². The lowest BCUT2D eigenvalue weighted by Crippen LogP contribution is -2.14. The van der Waals surface area contributed by atoms with Gasteiger partial charge in [0.05, 0.1) is 10.6 Å². The van der Waals surface area contributed by atoms with Crippen molar-refractivity contribution < 1.29 is 17.2 Å². The van der Waals surface area contributed by atoms with Crippen LogP contribution in [-0.4, -0.2) is 8.42 Å². The van der Waals surface area contributed by atoms with Crippen molar-refractivity contribution >= 4 is 21.4 Å². The molecule has 0 heterocycles. The van der Waals surface area contributed by atoms with Crippen LogP contribution in [0.2, 0.25) is 0 Å². The maximum atomic E-state index is 13.2. The number of rotatable bonds is 3. The Kier molecular flexibility index (Phi) is 3.63. The molecule has 2 aromatic carbocycles. The number of benzene rings is 2. The van der Waals surface area contributed by atoms with E-state index in [2.05, 4.69) is 4.72 Å². The van der Waals surface area contributed by atoms with Crippen molar-refractivity contribution in [3.8, 4) is 0 Å². The zero-order valence-corrected chi connectivity index (χ0v) is 11.3. The van der Waals surface area contributed by atoms with E-state index in [0.29, 0.717) is 0 Å². The van der Waals surface area contributed by atoms with Crippen molar-refractivity contribution in [2.45, 2.75) is 11.8 Å². The maximum absolute atomic E-state index is 13.2. The predicted molar refractivity (Wildman–Crippen MR) is 72.8 cm³/mol. The zero-order valence-electron chi connectivity index (χ0n) is 10.5. The van der Waals surface area contributed by atoms with Gasteiger partial charge in [0.25, 0.3) is 10.0 Å². The molecule has 0 bridgehead atoms. The highest BCUT2D eigenvalue weighted by molar-refractivity contribution is 7.92. The summed E-state index contributed by atoms with van der Waals surface area (Å²) in [6.45, 7) is 1.47. The Morgan fingerprint density at radius 2 is 1.75 bits per heavy atom. The zero-order chi connectivity index (χ0) is 14.9. The highest BCUT2D eigenvalue weighted by Crippen LogP contribution is 2.22. The van der Waals surface area contributed by atoms with Crippen LogP contribution in [0.3, 0.4) is 0 Å². The number of sulfonamides is 1. The van der Waals surface area contributed by atoms with Gasteiger partial charge in [-0.15, -0.1) is 0 Å². The monoisotopic (exact) mass is 298 g/mol. The molecule has 2 aromatic rings. The van der Waals surface area contributed by atoms with Gasteiger partial charge in [-0.25, -0.2) is 17.2 Å². The number of anilines is 2. The highest BCUT2D eigenvalue weighted by Gasteiger charge is 2.17. The van der Waals surface area contributed by atoms with E-state index in [1.807, 2.05) is 0 Å². The fraction of sp³-hybridized carbons (Fsp3) is 0.0769. The molecule has 0 aromatic heterocycles. The summed E-state index contributed by atoms with van der Waals surface area (Å²) in [7, 11) is -3.93. The second-order valence-corrected chi connectivity index (χ2v) is 5.94. The molecule has 20 heavy (non-hydrogen) atoms. The molecular formula is C13H12F2N2O2S. The van der Waals surface area contributed by atoms with Crippen LogP contribution < -0.4 is 10.5 Å². The number of aryl methyl sites for hydroxylation is 1. The summed E-state index contributed by atoms with van der Waals surface area (Å²) < 4.78 is 52.7. The van der Waals surface area contributed by atoms with Crippen molar-refractivity contribution in [1.29, 1.82) is 0 Å². The smallest absolute Gasteiger partial charge is 0.262 e. The molecule has 3 N–H and O–H groups in total. The number of halogens is 2. The van der Waals surface area contributed by atoms with Gasteiger partial charge in [-0.1, -0.05) is 0 Å². The quantitative estimate of drug-likeness (QED) is 0.856. The topological polar surface area (TPSA) is 72.2 Å². The Morgan fingerprint density at radius 1 is 1.05 bits per heavy atom. The van der Waals surface area contributed by atoms with Crippen molar-refractivity contribution in [3.05, 3.63) is 53.6 Å². The molecule has 7 heteroatoms. The van der Waals surface area contributed by atoms with Crippen LogP contribution in [-0.2, 0) is 10.0 Å². The van der Waals surface area contributed by atoms with Gasteiger partial charge in [0.15, 0.2) is 0 Å². The number of nitrogen functional groups attached to an aromatic ring is 1. The third kappa shape index (κ3) is 3.05.